The molecule has 0 aliphatic carbocycles. The Morgan fingerprint density at radius 1 is 1.39 bits per heavy atom. The normalized spacial score (nSPS) is 20.1. The second kappa shape index (κ2) is 5.48. The smallest absolute Gasteiger partial charge is 0.383 e. The standard InChI is InChI=1S/C12H14BrF3N2/c13-10-4-3-8(12(14,15)16)6-11(10)18-7-9-2-1-5-17-9/h3-4,6,9,17-18H,1-2,5,7H2. The zero-order valence-corrected chi connectivity index (χ0v) is 11.2. The van der Waals surface area contributed by atoms with Crippen molar-refractivity contribution in [2.24, 2.45) is 0 Å². The Kier molecular flexibility index (Phi) is 4.17. The monoisotopic (exact) mass is 322 g/mol. The molecule has 0 radical (unpaired) electrons. The van der Waals surface area contributed by atoms with Crippen molar-refractivity contribution >= 4 is 21.6 Å². The van der Waals surface area contributed by atoms with Crippen LogP contribution in [0.1, 0.15) is 18.4 Å². The van der Waals surface area contributed by atoms with E-state index < -0.39 is 11.7 Å². The van der Waals surface area contributed by atoms with Gasteiger partial charge in [0.25, 0.3) is 0 Å². The Morgan fingerprint density at radius 3 is 2.78 bits per heavy atom. The number of halogens is 4. The van der Waals surface area contributed by atoms with Crippen molar-refractivity contribution in [3.05, 3.63) is 28.2 Å². The highest BCUT2D eigenvalue weighted by Gasteiger charge is 2.30. The highest BCUT2D eigenvalue weighted by molar-refractivity contribution is 9.10. The largest absolute Gasteiger partial charge is 0.416 e. The van der Waals surface area contributed by atoms with Crippen molar-refractivity contribution in [2.75, 3.05) is 18.4 Å². The number of hydrogen-bond donors (Lipinski definition) is 2. The van der Waals surface area contributed by atoms with Crippen LogP contribution in [0.2, 0.25) is 0 Å². The lowest BCUT2D eigenvalue weighted by Crippen LogP contribution is -2.29. The summed E-state index contributed by atoms with van der Waals surface area (Å²) in [6.07, 6.45) is -2.12. The summed E-state index contributed by atoms with van der Waals surface area (Å²) in [5.41, 5.74) is -0.147. The van der Waals surface area contributed by atoms with Gasteiger partial charge in [-0.1, -0.05) is 0 Å². The first-order valence-corrected chi connectivity index (χ1v) is 6.60. The molecule has 0 saturated carbocycles. The summed E-state index contributed by atoms with van der Waals surface area (Å²) in [4.78, 5) is 0. The molecule has 1 aliphatic rings. The predicted molar refractivity (Wildman–Crippen MR) is 68.7 cm³/mol. The number of hydrogen-bond acceptors (Lipinski definition) is 2. The van der Waals surface area contributed by atoms with Gasteiger partial charge >= 0.3 is 6.18 Å². The first-order valence-electron chi connectivity index (χ1n) is 5.81. The van der Waals surface area contributed by atoms with Crippen molar-refractivity contribution in [3.63, 3.8) is 0 Å². The van der Waals surface area contributed by atoms with Crippen LogP contribution in [0.4, 0.5) is 18.9 Å². The second-order valence-corrected chi connectivity index (χ2v) is 5.22. The van der Waals surface area contributed by atoms with Gasteiger partial charge in [0.15, 0.2) is 0 Å². The molecular formula is C12H14BrF3N2. The number of rotatable bonds is 3. The molecule has 0 bridgehead atoms. The summed E-state index contributed by atoms with van der Waals surface area (Å²) in [7, 11) is 0. The average molecular weight is 323 g/mol. The quantitative estimate of drug-likeness (QED) is 0.888. The van der Waals surface area contributed by atoms with Crippen LogP contribution >= 0.6 is 15.9 Å². The highest BCUT2D eigenvalue weighted by Crippen LogP contribution is 2.33. The third-order valence-corrected chi connectivity index (χ3v) is 3.69. The lowest BCUT2D eigenvalue weighted by atomic mass is 10.2. The molecule has 2 N–H and O–H groups in total. The lowest BCUT2D eigenvalue weighted by Gasteiger charge is -2.15. The third kappa shape index (κ3) is 3.38. The van der Waals surface area contributed by atoms with Crippen LogP contribution in [0.15, 0.2) is 22.7 Å². The van der Waals surface area contributed by atoms with E-state index in [2.05, 4.69) is 26.6 Å². The summed E-state index contributed by atoms with van der Waals surface area (Å²) in [5, 5.41) is 6.35. The number of alkyl halides is 3. The van der Waals surface area contributed by atoms with E-state index in [1.807, 2.05) is 0 Å². The fourth-order valence-corrected chi connectivity index (χ4v) is 2.39. The number of benzene rings is 1. The van der Waals surface area contributed by atoms with E-state index in [4.69, 9.17) is 0 Å². The van der Waals surface area contributed by atoms with Gasteiger partial charge in [0, 0.05) is 22.7 Å². The molecule has 18 heavy (non-hydrogen) atoms. The van der Waals surface area contributed by atoms with E-state index in [1.165, 1.54) is 6.07 Å². The SMILES string of the molecule is FC(F)(F)c1ccc(Br)c(NCC2CCCN2)c1. The summed E-state index contributed by atoms with van der Waals surface area (Å²) in [5.74, 6) is 0. The molecule has 1 saturated heterocycles. The molecule has 1 aromatic rings. The molecule has 1 heterocycles. The highest BCUT2D eigenvalue weighted by atomic mass is 79.9. The first kappa shape index (κ1) is 13.7. The summed E-state index contributed by atoms with van der Waals surface area (Å²) in [6.45, 7) is 1.62. The predicted octanol–water partition coefficient (Wildman–Crippen LogP) is 3.63. The Labute approximate surface area is 112 Å². The maximum atomic E-state index is 12.6. The Morgan fingerprint density at radius 2 is 2.17 bits per heavy atom. The van der Waals surface area contributed by atoms with Crippen molar-refractivity contribution in [1.82, 2.24) is 5.32 Å². The Bertz CT molecular complexity index is 414. The molecule has 0 amide bonds. The van der Waals surface area contributed by atoms with E-state index in [9.17, 15) is 13.2 Å². The molecule has 2 rings (SSSR count). The molecule has 1 atom stereocenters. The summed E-state index contributed by atoms with van der Waals surface area (Å²) < 4.78 is 38.4. The van der Waals surface area contributed by atoms with Crippen LogP contribution in [-0.2, 0) is 6.18 Å². The molecule has 1 aromatic carbocycles. The van der Waals surface area contributed by atoms with Crippen LogP contribution in [0.5, 0.6) is 0 Å². The third-order valence-electron chi connectivity index (χ3n) is 2.99. The van der Waals surface area contributed by atoms with Crippen molar-refractivity contribution in [1.29, 1.82) is 0 Å². The van der Waals surface area contributed by atoms with E-state index >= 15 is 0 Å². The topological polar surface area (TPSA) is 24.1 Å². The van der Waals surface area contributed by atoms with Crippen LogP contribution in [0.3, 0.4) is 0 Å². The van der Waals surface area contributed by atoms with Gasteiger partial charge in [-0.3, -0.25) is 0 Å². The molecule has 1 unspecified atom stereocenters. The van der Waals surface area contributed by atoms with Gasteiger partial charge in [-0.2, -0.15) is 13.2 Å². The van der Waals surface area contributed by atoms with Gasteiger partial charge < -0.3 is 10.6 Å². The summed E-state index contributed by atoms with van der Waals surface area (Å²) in [6, 6.07) is 3.97. The van der Waals surface area contributed by atoms with Gasteiger partial charge in [0.2, 0.25) is 0 Å². The van der Waals surface area contributed by atoms with Crippen LogP contribution < -0.4 is 10.6 Å². The second-order valence-electron chi connectivity index (χ2n) is 4.37. The molecule has 0 aromatic heterocycles. The lowest BCUT2D eigenvalue weighted by molar-refractivity contribution is -0.137. The Balaban J connectivity index is 2.06. The minimum absolute atomic E-state index is 0.339. The van der Waals surface area contributed by atoms with Gasteiger partial charge in [0.05, 0.1) is 5.56 Å². The van der Waals surface area contributed by atoms with Crippen molar-refractivity contribution in [2.45, 2.75) is 25.1 Å². The molecule has 100 valence electrons. The molecule has 0 spiro atoms. The Hall–Kier alpha value is -0.750. The molecule has 1 aliphatic heterocycles. The van der Waals surface area contributed by atoms with Crippen LogP contribution in [0, 0.1) is 0 Å². The maximum absolute atomic E-state index is 12.6. The minimum atomic E-state index is -4.30. The average Bonchev–Trinajstić information content (AvgIpc) is 2.79. The summed E-state index contributed by atoms with van der Waals surface area (Å²) >= 11 is 3.26. The maximum Gasteiger partial charge on any atom is 0.416 e. The fourth-order valence-electron chi connectivity index (χ4n) is 2.00. The molecular weight excluding hydrogens is 309 g/mol. The molecule has 6 heteroatoms. The van der Waals surface area contributed by atoms with Crippen molar-refractivity contribution in [3.8, 4) is 0 Å². The molecule has 2 nitrogen and oxygen atoms in total. The van der Waals surface area contributed by atoms with Gasteiger partial charge in [-0.15, -0.1) is 0 Å². The van der Waals surface area contributed by atoms with Crippen LogP contribution in [-0.4, -0.2) is 19.1 Å². The van der Waals surface area contributed by atoms with Gasteiger partial charge in [-0.25, -0.2) is 0 Å². The van der Waals surface area contributed by atoms with E-state index in [0.29, 0.717) is 22.7 Å². The number of anilines is 1. The van der Waals surface area contributed by atoms with Gasteiger partial charge in [-0.05, 0) is 53.5 Å². The van der Waals surface area contributed by atoms with Crippen molar-refractivity contribution < 1.29 is 13.2 Å². The first-order chi connectivity index (χ1) is 8.47. The minimum Gasteiger partial charge on any atom is -0.383 e. The molecule has 1 fully saturated rings. The zero-order chi connectivity index (χ0) is 13.2. The number of nitrogens with one attached hydrogen (secondary N) is 2. The van der Waals surface area contributed by atoms with Crippen LogP contribution in [0.25, 0.3) is 0 Å². The fraction of sp³-hybridized carbons (Fsp3) is 0.500. The van der Waals surface area contributed by atoms with E-state index in [1.54, 1.807) is 0 Å². The van der Waals surface area contributed by atoms with Gasteiger partial charge in [0.1, 0.15) is 0 Å². The van der Waals surface area contributed by atoms with E-state index in [0.717, 1.165) is 31.5 Å². The van der Waals surface area contributed by atoms with E-state index in [-0.39, 0.29) is 0 Å². The zero-order valence-electron chi connectivity index (χ0n) is 9.65.